The van der Waals surface area contributed by atoms with Gasteiger partial charge in [0.15, 0.2) is 11.0 Å². The van der Waals surface area contributed by atoms with Crippen LogP contribution >= 0.6 is 11.3 Å². The Morgan fingerprint density at radius 1 is 1.00 bits per heavy atom. The van der Waals surface area contributed by atoms with Gasteiger partial charge in [-0.1, -0.05) is 23.5 Å². The topological polar surface area (TPSA) is 99.1 Å². The van der Waals surface area contributed by atoms with Crippen LogP contribution in [0.5, 0.6) is 11.6 Å². The fourth-order valence-electron chi connectivity index (χ4n) is 3.69. The highest BCUT2D eigenvalue weighted by Gasteiger charge is 2.16. The van der Waals surface area contributed by atoms with E-state index in [0.717, 1.165) is 22.5 Å². The van der Waals surface area contributed by atoms with Crippen LogP contribution < -0.4 is 14.2 Å². The Morgan fingerprint density at radius 2 is 1.89 bits per heavy atom. The summed E-state index contributed by atoms with van der Waals surface area (Å²) in [6, 6.07) is 14.2. The van der Waals surface area contributed by atoms with Gasteiger partial charge < -0.3 is 9.47 Å². The first-order valence-electron chi connectivity index (χ1n) is 10.3. The minimum Gasteiger partial charge on any atom is -0.496 e. The predicted molar refractivity (Wildman–Crippen MR) is 133 cm³/mol. The van der Waals surface area contributed by atoms with Crippen molar-refractivity contribution in [2.45, 2.75) is 4.90 Å². The van der Waals surface area contributed by atoms with Crippen LogP contribution in [0.1, 0.15) is 0 Å². The molecule has 5 aromatic rings. The summed E-state index contributed by atoms with van der Waals surface area (Å²) in [6.45, 7) is 0. The normalized spacial score (nSPS) is 11.9. The molecule has 0 bridgehead atoms. The van der Waals surface area contributed by atoms with Gasteiger partial charge in [0, 0.05) is 22.7 Å². The quantitative estimate of drug-likeness (QED) is 0.327. The second-order valence-corrected chi connectivity index (χ2v) is 9.33. The van der Waals surface area contributed by atoms with Gasteiger partial charge in [-0.05, 0) is 47.3 Å². The van der Waals surface area contributed by atoms with Gasteiger partial charge in [-0.15, -0.1) is 10.2 Å². The monoisotopic (exact) mass is 507 g/mol. The van der Waals surface area contributed by atoms with Crippen LogP contribution in [0.4, 0.5) is 9.52 Å². The third-order valence-corrected chi connectivity index (χ3v) is 7.07. The first-order chi connectivity index (χ1) is 17.1. The van der Waals surface area contributed by atoms with Crippen LogP contribution in [0.15, 0.2) is 71.3 Å². The van der Waals surface area contributed by atoms with Crippen molar-refractivity contribution in [2.75, 3.05) is 18.9 Å². The number of hydrogen-bond donors (Lipinski definition) is 1. The molecule has 8 nitrogen and oxygen atoms in total. The summed E-state index contributed by atoms with van der Waals surface area (Å²) in [5.41, 5.74) is 4.22. The number of fused-ring (bicyclic) bond motifs is 1. The number of aromatic nitrogens is 4. The minimum atomic E-state index is -1.49. The van der Waals surface area contributed by atoms with Crippen molar-refractivity contribution >= 4 is 38.2 Å². The number of anilines is 1. The van der Waals surface area contributed by atoms with Crippen LogP contribution in [0.2, 0.25) is 0 Å². The Balaban J connectivity index is 1.55. The molecule has 1 unspecified atom stereocenters. The average molecular weight is 508 g/mol. The smallest absolute Gasteiger partial charge is 0.221 e. The lowest BCUT2D eigenvalue weighted by atomic mass is 9.99. The Hall–Kier alpha value is -3.96. The molecule has 0 fully saturated rings. The molecule has 3 heterocycles. The predicted octanol–water partition coefficient (Wildman–Crippen LogP) is 5.11. The number of pyridine rings is 2. The first kappa shape index (κ1) is 22.8. The fraction of sp³-hybridized carbons (Fsp3) is 0.0833. The maximum absolute atomic E-state index is 13.9. The highest BCUT2D eigenvalue weighted by atomic mass is 32.2. The summed E-state index contributed by atoms with van der Waals surface area (Å²) in [5, 5.41) is 9.82. The molecule has 2 aromatic carbocycles. The molecule has 5 rings (SSSR count). The number of ether oxygens (including phenoxy) is 2. The molecule has 0 aliphatic rings. The molecule has 176 valence electrons. The van der Waals surface area contributed by atoms with E-state index >= 15 is 0 Å². The zero-order valence-corrected chi connectivity index (χ0v) is 20.2. The number of benzene rings is 2. The molecule has 3 aromatic heterocycles. The molecule has 1 atom stereocenters. The molecule has 0 spiro atoms. The maximum atomic E-state index is 13.9. The summed E-state index contributed by atoms with van der Waals surface area (Å²) in [6.07, 6.45) is 2.80. The van der Waals surface area contributed by atoms with Crippen molar-refractivity contribution in [3.63, 3.8) is 0 Å². The second kappa shape index (κ2) is 9.72. The van der Waals surface area contributed by atoms with E-state index in [1.165, 1.54) is 24.5 Å². The second-order valence-electron chi connectivity index (χ2n) is 7.28. The minimum absolute atomic E-state index is 0.312. The molecule has 0 saturated carbocycles. The summed E-state index contributed by atoms with van der Waals surface area (Å²) in [4.78, 5) is 9.19. The fourth-order valence-corrected chi connectivity index (χ4v) is 5.14. The lowest BCUT2D eigenvalue weighted by Crippen LogP contribution is -2.04. The van der Waals surface area contributed by atoms with Crippen LogP contribution in [0.25, 0.3) is 33.2 Å². The highest BCUT2D eigenvalue weighted by molar-refractivity contribution is 7.86. The molecule has 0 aliphatic heterocycles. The van der Waals surface area contributed by atoms with Gasteiger partial charge >= 0.3 is 0 Å². The van der Waals surface area contributed by atoms with Crippen LogP contribution in [-0.4, -0.2) is 38.6 Å². The Morgan fingerprint density at radius 3 is 2.66 bits per heavy atom. The Bertz CT molecular complexity index is 1550. The number of nitrogens with zero attached hydrogens (tertiary/aromatic N) is 4. The highest BCUT2D eigenvalue weighted by Crippen LogP contribution is 2.38. The average Bonchev–Trinajstić information content (AvgIpc) is 3.40. The van der Waals surface area contributed by atoms with Gasteiger partial charge in [-0.2, -0.15) is 0 Å². The molecule has 11 heteroatoms. The number of rotatable bonds is 7. The molecule has 1 N–H and O–H groups in total. The first-order valence-corrected chi connectivity index (χ1v) is 12.3. The van der Waals surface area contributed by atoms with E-state index < -0.39 is 16.8 Å². The van der Waals surface area contributed by atoms with Crippen LogP contribution in [0.3, 0.4) is 0 Å². The SMILES string of the molecule is COc1cc(-c2cc(F)cnc2OC)ccc1-c1nccc2cc(S(=O)Nc3nncs3)ccc12. The lowest BCUT2D eigenvalue weighted by Gasteiger charge is -2.14. The van der Waals surface area contributed by atoms with Crippen molar-refractivity contribution in [2.24, 2.45) is 0 Å². The van der Waals surface area contributed by atoms with Gasteiger partial charge in [0.25, 0.3) is 0 Å². The van der Waals surface area contributed by atoms with Crippen molar-refractivity contribution in [3.8, 4) is 34.0 Å². The third kappa shape index (κ3) is 4.55. The van der Waals surface area contributed by atoms with Crippen LogP contribution in [-0.2, 0) is 11.0 Å². The van der Waals surface area contributed by atoms with E-state index in [1.807, 2.05) is 30.3 Å². The molecule has 0 amide bonds. The molecule has 35 heavy (non-hydrogen) atoms. The standard InChI is InChI=1S/C24H18FN5O3S2/c1-32-21-10-14(20-11-16(25)12-27-23(20)33-2)3-5-19(21)22-18-6-4-17(9-15(18)7-8-26-22)35(31)30-24-29-28-13-34-24/h3-13H,1-2H3,(H,29,30). The largest absolute Gasteiger partial charge is 0.496 e. The van der Waals surface area contributed by atoms with Crippen molar-refractivity contribution in [1.82, 2.24) is 20.2 Å². The van der Waals surface area contributed by atoms with Crippen LogP contribution in [0, 0.1) is 5.82 Å². The van der Waals surface area contributed by atoms with Crippen molar-refractivity contribution in [1.29, 1.82) is 0 Å². The summed E-state index contributed by atoms with van der Waals surface area (Å²) >= 11 is 1.27. The van der Waals surface area contributed by atoms with E-state index in [9.17, 15) is 8.60 Å². The Labute approximate surface area is 206 Å². The van der Waals surface area contributed by atoms with Gasteiger partial charge in [-0.25, -0.2) is 13.6 Å². The van der Waals surface area contributed by atoms with Gasteiger partial charge in [0.2, 0.25) is 11.0 Å². The van der Waals surface area contributed by atoms with Gasteiger partial charge in [-0.3, -0.25) is 9.71 Å². The lowest BCUT2D eigenvalue weighted by molar-refractivity contribution is 0.397. The van der Waals surface area contributed by atoms with E-state index in [-0.39, 0.29) is 0 Å². The van der Waals surface area contributed by atoms with Gasteiger partial charge in [0.1, 0.15) is 17.1 Å². The van der Waals surface area contributed by atoms with Crippen molar-refractivity contribution < 1.29 is 18.1 Å². The number of hydrogen-bond acceptors (Lipinski definition) is 8. The number of methoxy groups -OCH3 is 2. The number of nitrogens with one attached hydrogen (secondary N) is 1. The zero-order chi connectivity index (χ0) is 24.4. The van der Waals surface area contributed by atoms with E-state index in [2.05, 4.69) is 24.9 Å². The third-order valence-electron chi connectivity index (χ3n) is 5.27. The van der Waals surface area contributed by atoms with Crippen molar-refractivity contribution in [3.05, 3.63) is 72.3 Å². The maximum Gasteiger partial charge on any atom is 0.221 e. The van der Waals surface area contributed by atoms with E-state index in [1.54, 1.807) is 30.9 Å². The molecule has 0 radical (unpaired) electrons. The summed E-state index contributed by atoms with van der Waals surface area (Å²) in [7, 11) is 1.56. The number of halogens is 1. The summed E-state index contributed by atoms with van der Waals surface area (Å²) < 4.78 is 40.4. The molecule has 0 saturated heterocycles. The van der Waals surface area contributed by atoms with E-state index in [4.69, 9.17) is 9.47 Å². The molecular weight excluding hydrogens is 489 g/mol. The molecule has 0 aliphatic carbocycles. The van der Waals surface area contributed by atoms with Gasteiger partial charge in [0.05, 0.1) is 31.0 Å². The van der Waals surface area contributed by atoms with E-state index in [0.29, 0.717) is 38.5 Å². The Kier molecular flexibility index (Phi) is 6.34. The zero-order valence-electron chi connectivity index (χ0n) is 18.6. The molecular formula is C24H18FN5O3S2. The summed E-state index contributed by atoms with van der Waals surface area (Å²) in [5.74, 6) is 0.403.